The van der Waals surface area contributed by atoms with E-state index in [1.165, 1.54) is 4.57 Å². The Hall–Kier alpha value is -3.03. The van der Waals surface area contributed by atoms with Crippen LogP contribution in [-0.2, 0) is 27.9 Å². The Morgan fingerprint density at radius 1 is 1.13 bits per heavy atom. The van der Waals surface area contributed by atoms with Gasteiger partial charge < -0.3 is 14.4 Å². The molecule has 7 heteroatoms. The van der Waals surface area contributed by atoms with E-state index < -0.39 is 6.04 Å². The second kappa shape index (κ2) is 10.1. The smallest absolute Gasteiger partial charge is 0.261 e. The largest absolute Gasteiger partial charge is 0.383 e. The lowest BCUT2D eigenvalue weighted by atomic mass is 10.2. The highest BCUT2D eigenvalue weighted by Gasteiger charge is 2.25. The zero-order chi connectivity index (χ0) is 21.5. The maximum Gasteiger partial charge on any atom is 0.261 e. The van der Waals surface area contributed by atoms with Crippen LogP contribution in [0.25, 0.3) is 10.9 Å². The molecule has 0 aliphatic rings. The Balaban J connectivity index is 1.80. The molecule has 0 saturated heterocycles. The lowest BCUT2D eigenvalue weighted by Crippen LogP contribution is -2.40. The summed E-state index contributed by atoms with van der Waals surface area (Å²) in [6.07, 6.45) is 0. The van der Waals surface area contributed by atoms with Crippen molar-refractivity contribution in [3.8, 4) is 0 Å². The Bertz CT molecular complexity index is 1050. The van der Waals surface area contributed by atoms with Gasteiger partial charge in [0.2, 0.25) is 5.91 Å². The van der Waals surface area contributed by atoms with Crippen LogP contribution in [0, 0.1) is 0 Å². The summed E-state index contributed by atoms with van der Waals surface area (Å²) in [4.78, 5) is 32.0. The van der Waals surface area contributed by atoms with Gasteiger partial charge in [-0.25, -0.2) is 4.98 Å². The fourth-order valence-corrected chi connectivity index (χ4v) is 3.39. The third kappa shape index (κ3) is 4.93. The van der Waals surface area contributed by atoms with E-state index in [4.69, 9.17) is 9.47 Å². The highest BCUT2D eigenvalue weighted by Crippen LogP contribution is 2.19. The van der Waals surface area contributed by atoms with Crippen LogP contribution in [0.2, 0.25) is 0 Å². The van der Waals surface area contributed by atoms with Crippen LogP contribution in [0.3, 0.4) is 0 Å². The summed E-state index contributed by atoms with van der Waals surface area (Å²) in [5.74, 6) is 0.337. The van der Waals surface area contributed by atoms with E-state index in [9.17, 15) is 9.59 Å². The molecule has 30 heavy (non-hydrogen) atoms. The molecule has 3 aromatic rings. The predicted molar refractivity (Wildman–Crippen MR) is 115 cm³/mol. The minimum Gasteiger partial charge on any atom is -0.383 e. The van der Waals surface area contributed by atoms with Crippen molar-refractivity contribution in [3.05, 3.63) is 76.3 Å². The number of para-hydroxylation sites is 1. The third-order valence-corrected chi connectivity index (χ3v) is 5.05. The molecule has 158 valence electrons. The van der Waals surface area contributed by atoms with Crippen LogP contribution < -0.4 is 5.56 Å². The lowest BCUT2D eigenvalue weighted by molar-refractivity contribution is -0.139. The van der Waals surface area contributed by atoms with E-state index in [2.05, 4.69) is 4.98 Å². The molecule has 0 spiro atoms. The van der Waals surface area contributed by atoms with Gasteiger partial charge in [0.1, 0.15) is 12.4 Å². The number of nitrogens with zero attached hydrogens (tertiary/aromatic N) is 3. The highest BCUT2D eigenvalue weighted by atomic mass is 16.5. The van der Waals surface area contributed by atoms with E-state index >= 15 is 0 Å². The first-order chi connectivity index (χ1) is 14.5. The minimum atomic E-state index is -0.421. The molecule has 0 saturated carbocycles. The Kier molecular flexibility index (Phi) is 7.32. The topological polar surface area (TPSA) is 73.7 Å². The highest BCUT2D eigenvalue weighted by molar-refractivity contribution is 5.79. The van der Waals surface area contributed by atoms with Crippen molar-refractivity contribution in [1.82, 2.24) is 14.5 Å². The number of fused-ring (bicyclic) bond motifs is 1. The maximum atomic E-state index is 12.9. The molecule has 1 unspecified atom stereocenters. The SMILES string of the molecule is COCCN(C(=O)COCc1ccccc1)C(C)c1nc2ccccc2c(=O)n1C. The van der Waals surface area contributed by atoms with Crippen molar-refractivity contribution in [2.75, 3.05) is 26.9 Å². The van der Waals surface area contributed by atoms with Gasteiger partial charge in [0.15, 0.2) is 0 Å². The van der Waals surface area contributed by atoms with Crippen molar-refractivity contribution >= 4 is 16.8 Å². The Labute approximate surface area is 175 Å². The summed E-state index contributed by atoms with van der Waals surface area (Å²) in [7, 11) is 3.27. The quantitative estimate of drug-likeness (QED) is 0.543. The van der Waals surface area contributed by atoms with Gasteiger partial charge in [-0.15, -0.1) is 0 Å². The summed E-state index contributed by atoms with van der Waals surface area (Å²) >= 11 is 0. The summed E-state index contributed by atoms with van der Waals surface area (Å²) in [6.45, 7) is 2.89. The standard InChI is InChI=1S/C23H27N3O4/c1-17(22-24-20-12-8-7-11-19(20)23(28)25(22)2)26(13-14-29-3)21(27)16-30-15-18-9-5-4-6-10-18/h4-12,17H,13-16H2,1-3H3. The van der Waals surface area contributed by atoms with E-state index in [0.29, 0.717) is 36.5 Å². The molecule has 1 heterocycles. The molecular formula is C23H27N3O4. The Morgan fingerprint density at radius 2 is 1.83 bits per heavy atom. The summed E-state index contributed by atoms with van der Waals surface area (Å²) < 4.78 is 12.3. The van der Waals surface area contributed by atoms with Crippen LogP contribution in [-0.4, -0.2) is 47.2 Å². The van der Waals surface area contributed by atoms with Gasteiger partial charge in [-0.3, -0.25) is 14.2 Å². The average molecular weight is 409 g/mol. The first-order valence-electron chi connectivity index (χ1n) is 9.88. The van der Waals surface area contributed by atoms with E-state index in [-0.39, 0.29) is 18.1 Å². The molecule has 0 aliphatic heterocycles. The van der Waals surface area contributed by atoms with Gasteiger partial charge in [-0.05, 0) is 24.6 Å². The molecule has 3 rings (SSSR count). The van der Waals surface area contributed by atoms with Gasteiger partial charge in [-0.2, -0.15) is 0 Å². The molecule has 2 aromatic carbocycles. The van der Waals surface area contributed by atoms with E-state index in [1.54, 1.807) is 31.2 Å². The normalized spacial score (nSPS) is 12.1. The van der Waals surface area contributed by atoms with Gasteiger partial charge in [-0.1, -0.05) is 42.5 Å². The average Bonchev–Trinajstić information content (AvgIpc) is 2.77. The van der Waals surface area contributed by atoms with E-state index in [1.807, 2.05) is 49.4 Å². The molecule has 7 nitrogen and oxygen atoms in total. The first-order valence-corrected chi connectivity index (χ1v) is 9.88. The number of rotatable bonds is 9. The molecule has 0 aliphatic carbocycles. The zero-order valence-electron chi connectivity index (χ0n) is 17.6. The zero-order valence-corrected chi connectivity index (χ0v) is 17.6. The van der Waals surface area contributed by atoms with Gasteiger partial charge in [0.25, 0.3) is 5.56 Å². The Morgan fingerprint density at radius 3 is 2.57 bits per heavy atom. The lowest BCUT2D eigenvalue weighted by Gasteiger charge is -2.29. The fraction of sp³-hybridized carbons (Fsp3) is 0.348. The van der Waals surface area contributed by atoms with Gasteiger partial charge >= 0.3 is 0 Å². The van der Waals surface area contributed by atoms with Crippen LogP contribution in [0.1, 0.15) is 24.4 Å². The summed E-state index contributed by atoms with van der Waals surface area (Å²) in [6, 6.07) is 16.5. The molecule has 0 radical (unpaired) electrons. The number of benzene rings is 2. The second-order valence-corrected chi connectivity index (χ2v) is 7.09. The molecular weight excluding hydrogens is 382 g/mol. The van der Waals surface area contributed by atoms with Crippen LogP contribution in [0.5, 0.6) is 0 Å². The number of aromatic nitrogens is 2. The van der Waals surface area contributed by atoms with Crippen molar-refractivity contribution in [2.45, 2.75) is 19.6 Å². The number of amides is 1. The molecule has 0 fully saturated rings. The molecule has 1 atom stereocenters. The van der Waals surface area contributed by atoms with Crippen molar-refractivity contribution in [1.29, 1.82) is 0 Å². The number of carbonyl (C=O) groups is 1. The van der Waals surface area contributed by atoms with Crippen molar-refractivity contribution in [2.24, 2.45) is 7.05 Å². The van der Waals surface area contributed by atoms with Crippen LogP contribution in [0.15, 0.2) is 59.4 Å². The molecule has 0 bridgehead atoms. The van der Waals surface area contributed by atoms with Crippen LogP contribution >= 0.6 is 0 Å². The third-order valence-electron chi connectivity index (χ3n) is 5.05. The van der Waals surface area contributed by atoms with Gasteiger partial charge in [0, 0.05) is 20.7 Å². The maximum absolute atomic E-state index is 12.9. The number of ether oxygens (including phenoxy) is 2. The van der Waals surface area contributed by atoms with Gasteiger partial charge in [0.05, 0.1) is 30.2 Å². The summed E-state index contributed by atoms with van der Waals surface area (Å²) in [5, 5.41) is 0.553. The molecule has 0 N–H and O–H groups in total. The summed E-state index contributed by atoms with van der Waals surface area (Å²) in [5.41, 5.74) is 1.48. The number of hydrogen-bond acceptors (Lipinski definition) is 5. The fourth-order valence-electron chi connectivity index (χ4n) is 3.39. The number of carbonyl (C=O) groups excluding carboxylic acids is 1. The monoisotopic (exact) mass is 409 g/mol. The number of methoxy groups -OCH3 is 1. The van der Waals surface area contributed by atoms with Crippen molar-refractivity contribution < 1.29 is 14.3 Å². The van der Waals surface area contributed by atoms with Crippen molar-refractivity contribution in [3.63, 3.8) is 0 Å². The molecule has 1 amide bonds. The first kappa shape index (κ1) is 21.7. The predicted octanol–water partition coefficient (Wildman–Crippen LogP) is 2.69. The number of hydrogen-bond donors (Lipinski definition) is 0. The van der Waals surface area contributed by atoms with E-state index in [0.717, 1.165) is 5.56 Å². The molecule has 1 aromatic heterocycles. The van der Waals surface area contributed by atoms with Crippen LogP contribution in [0.4, 0.5) is 0 Å². The minimum absolute atomic E-state index is 0.0650. The second-order valence-electron chi connectivity index (χ2n) is 7.09.